The fourth-order valence-corrected chi connectivity index (χ4v) is 2.84. The van der Waals surface area contributed by atoms with E-state index in [4.69, 9.17) is 10.5 Å². The third kappa shape index (κ3) is 11.2. The Bertz CT molecular complexity index is 995. The summed E-state index contributed by atoms with van der Waals surface area (Å²) in [5, 5.41) is 5.36. The Balaban J connectivity index is 2.65. The first kappa shape index (κ1) is 30.6. The largest absolute Gasteiger partial charge is 0.445 e. The summed E-state index contributed by atoms with van der Waals surface area (Å²) < 4.78 is 5.06. The second-order valence-corrected chi connectivity index (χ2v) is 7.87. The lowest BCUT2D eigenvalue weighted by Gasteiger charge is -2.24. The quantitative estimate of drug-likeness (QED) is 0.214. The molecule has 0 spiro atoms. The number of carbonyl (C=O) groups is 6. The molecule has 37 heavy (non-hydrogen) atoms. The van der Waals surface area contributed by atoms with E-state index in [1.54, 1.807) is 38.1 Å². The van der Waals surface area contributed by atoms with Gasteiger partial charge in [-0.25, -0.2) is 9.80 Å². The van der Waals surface area contributed by atoms with Crippen LogP contribution in [-0.4, -0.2) is 77.3 Å². The Labute approximate surface area is 215 Å². The molecule has 2 unspecified atom stereocenters. The molecule has 0 fully saturated rings. The number of nitrogens with two attached hydrogens (primary N) is 1. The maximum atomic E-state index is 12.5. The van der Waals surface area contributed by atoms with Crippen molar-refractivity contribution < 1.29 is 33.5 Å². The lowest BCUT2D eigenvalue weighted by Crippen LogP contribution is -2.56. The van der Waals surface area contributed by atoms with Crippen molar-refractivity contribution in [1.29, 1.82) is 0 Å². The fraction of sp³-hybridized carbons (Fsp3) is 0.417. The average Bonchev–Trinajstić information content (AvgIpc) is 2.86. The molecule has 0 aromatic heterocycles. The van der Waals surface area contributed by atoms with E-state index in [0.29, 0.717) is 18.1 Å². The second-order valence-electron chi connectivity index (χ2n) is 7.87. The smallest absolute Gasteiger partial charge is 0.408 e. The van der Waals surface area contributed by atoms with Crippen molar-refractivity contribution in [1.82, 2.24) is 26.0 Å². The third-order valence-electron chi connectivity index (χ3n) is 4.96. The number of nitrogens with one attached hydrogen (secondary N) is 3. The van der Waals surface area contributed by atoms with E-state index in [0.717, 1.165) is 17.7 Å². The van der Waals surface area contributed by atoms with Gasteiger partial charge in [-0.05, 0) is 33.3 Å². The van der Waals surface area contributed by atoms with E-state index >= 15 is 0 Å². The van der Waals surface area contributed by atoms with Gasteiger partial charge in [-0.15, -0.1) is 0 Å². The van der Waals surface area contributed by atoms with Crippen LogP contribution in [0.2, 0.25) is 0 Å². The van der Waals surface area contributed by atoms with E-state index in [1.165, 1.54) is 18.7 Å². The van der Waals surface area contributed by atoms with Crippen LogP contribution in [0.15, 0.2) is 42.5 Å². The lowest BCUT2D eigenvalue weighted by molar-refractivity contribution is -0.142. The fourth-order valence-electron chi connectivity index (χ4n) is 2.84. The highest BCUT2D eigenvalue weighted by Crippen LogP contribution is 2.01. The zero-order chi connectivity index (χ0) is 28.0. The summed E-state index contributed by atoms with van der Waals surface area (Å²) in [5.74, 6) is -3.75. The molecule has 1 rings (SSSR count). The number of carbonyl (C=O) groups excluding carboxylic acids is 6. The predicted molar refractivity (Wildman–Crippen MR) is 133 cm³/mol. The molecule has 0 saturated heterocycles. The Kier molecular flexibility index (Phi) is 12.9. The van der Waals surface area contributed by atoms with Gasteiger partial charge in [0.15, 0.2) is 0 Å². The van der Waals surface area contributed by atoms with Crippen molar-refractivity contribution in [3.05, 3.63) is 48.0 Å². The highest BCUT2D eigenvalue weighted by atomic mass is 16.5. The molecule has 2 atom stereocenters. The third-order valence-corrected chi connectivity index (χ3v) is 4.96. The minimum atomic E-state index is -1.17. The number of hydrogen-bond donors (Lipinski definition) is 4. The summed E-state index contributed by atoms with van der Waals surface area (Å²) >= 11 is 0. The molecular weight excluding hydrogens is 484 g/mol. The highest BCUT2D eigenvalue weighted by Gasteiger charge is 2.24. The number of hydrogen-bond acceptors (Lipinski definition) is 7. The van der Waals surface area contributed by atoms with Gasteiger partial charge < -0.3 is 26.0 Å². The molecule has 0 radical (unpaired) electrons. The summed E-state index contributed by atoms with van der Waals surface area (Å²) in [6.07, 6.45) is 1.10. The van der Waals surface area contributed by atoms with Crippen molar-refractivity contribution in [2.45, 2.75) is 46.4 Å². The first-order valence-electron chi connectivity index (χ1n) is 11.6. The van der Waals surface area contributed by atoms with E-state index in [9.17, 15) is 28.8 Å². The summed E-state index contributed by atoms with van der Waals surface area (Å²) in [6, 6.07) is 6.74. The zero-order valence-electron chi connectivity index (χ0n) is 21.4. The van der Waals surface area contributed by atoms with E-state index in [2.05, 4.69) is 16.1 Å². The van der Waals surface area contributed by atoms with Crippen LogP contribution in [0.3, 0.4) is 0 Å². The minimum Gasteiger partial charge on any atom is -0.445 e. The van der Waals surface area contributed by atoms with Gasteiger partial charge in [-0.2, -0.15) is 0 Å². The van der Waals surface area contributed by atoms with Crippen LogP contribution in [0.1, 0.15) is 33.3 Å². The van der Waals surface area contributed by atoms with Crippen LogP contribution < -0.4 is 21.8 Å². The first-order valence-corrected chi connectivity index (χ1v) is 11.6. The van der Waals surface area contributed by atoms with Gasteiger partial charge in [0.05, 0.1) is 0 Å². The topological polar surface area (TPSA) is 180 Å². The zero-order valence-corrected chi connectivity index (χ0v) is 21.4. The number of alkyl carbamates (subject to hydrolysis) is 1. The number of primary amides is 1. The molecule has 13 nitrogen and oxygen atoms in total. The van der Waals surface area contributed by atoms with E-state index < -0.39 is 54.3 Å². The summed E-state index contributed by atoms with van der Waals surface area (Å²) in [6.45, 7) is 6.49. The van der Waals surface area contributed by atoms with Crippen LogP contribution in [-0.2, 0) is 35.3 Å². The Morgan fingerprint density at radius 1 is 0.892 bits per heavy atom. The number of rotatable bonds is 12. The van der Waals surface area contributed by atoms with Crippen molar-refractivity contribution >= 4 is 35.6 Å². The number of ether oxygens (including phenoxy) is 1. The van der Waals surface area contributed by atoms with E-state index in [1.807, 2.05) is 6.07 Å². The molecule has 5 N–H and O–H groups in total. The van der Waals surface area contributed by atoms with Crippen molar-refractivity contribution in [2.24, 2.45) is 5.73 Å². The van der Waals surface area contributed by atoms with E-state index in [-0.39, 0.29) is 6.61 Å². The molecule has 1 aromatic carbocycles. The summed E-state index contributed by atoms with van der Waals surface area (Å²) in [4.78, 5) is 74.2. The van der Waals surface area contributed by atoms with Gasteiger partial charge in [-0.3, -0.25) is 29.4 Å². The van der Waals surface area contributed by atoms with Gasteiger partial charge in [0.25, 0.3) is 11.8 Å². The molecule has 6 amide bonds. The van der Waals surface area contributed by atoms with Crippen molar-refractivity contribution in [3.8, 4) is 0 Å². The van der Waals surface area contributed by atoms with Crippen LogP contribution in [0.4, 0.5) is 4.79 Å². The molecular formula is C24H34N6O7. The Morgan fingerprint density at radius 2 is 1.46 bits per heavy atom. The summed E-state index contributed by atoms with van der Waals surface area (Å²) in [7, 11) is 0. The molecule has 1 aromatic rings. The Morgan fingerprint density at radius 3 is 2.03 bits per heavy atom. The average molecular weight is 519 g/mol. The second kappa shape index (κ2) is 15.5. The number of nitrogens with zero attached hydrogens (tertiary/aromatic N) is 2. The van der Waals surface area contributed by atoms with Gasteiger partial charge >= 0.3 is 6.09 Å². The minimum absolute atomic E-state index is 0.0124. The van der Waals surface area contributed by atoms with Crippen LogP contribution in [0.5, 0.6) is 0 Å². The van der Waals surface area contributed by atoms with Crippen LogP contribution in [0, 0.1) is 0 Å². The predicted octanol–water partition coefficient (Wildman–Crippen LogP) is -0.424. The molecule has 0 aliphatic rings. The number of benzene rings is 1. The highest BCUT2D eigenvalue weighted by molar-refractivity contribution is 5.99. The van der Waals surface area contributed by atoms with Crippen molar-refractivity contribution in [3.63, 3.8) is 0 Å². The normalized spacial score (nSPS) is 12.1. The standard InChI is InChI=1S/C24H34N6O7/c1-5-29(6-2)20(32)12-13-21(33)30(14-19(25)31)28-23(35)17(4)26-22(34)16(3)27-24(36)37-15-18-10-8-7-9-11-18/h7-13,16-17H,5-6,14-15H2,1-4H3,(H2,25,31)(H,26,34)(H,27,36)(H,28,35)/b13-12+. The monoisotopic (exact) mass is 518 g/mol. The molecule has 0 aliphatic heterocycles. The maximum absolute atomic E-state index is 12.5. The molecule has 0 bridgehead atoms. The van der Waals surface area contributed by atoms with Gasteiger partial charge in [0.2, 0.25) is 17.7 Å². The first-order chi connectivity index (χ1) is 17.5. The van der Waals surface area contributed by atoms with Crippen molar-refractivity contribution in [2.75, 3.05) is 19.6 Å². The lowest BCUT2D eigenvalue weighted by atomic mass is 10.2. The summed E-state index contributed by atoms with van der Waals surface area (Å²) in [5.41, 5.74) is 8.11. The van der Waals surface area contributed by atoms with Crippen LogP contribution in [0.25, 0.3) is 0 Å². The van der Waals surface area contributed by atoms with Crippen LogP contribution >= 0.6 is 0 Å². The van der Waals surface area contributed by atoms with Gasteiger partial charge in [-0.1, -0.05) is 30.3 Å². The van der Waals surface area contributed by atoms with Gasteiger partial charge in [0.1, 0.15) is 25.2 Å². The number of amides is 6. The Hall–Kier alpha value is -4.42. The van der Waals surface area contributed by atoms with Gasteiger partial charge in [0, 0.05) is 25.2 Å². The molecule has 0 saturated carbocycles. The SMILES string of the molecule is CCN(CC)C(=O)/C=C/C(=O)N(CC(N)=O)NC(=O)C(C)NC(=O)C(C)NC(=O)OCc1ccccc1. The molecule has 0 heterocycles. The molecule has 202 valence electrons. The number of hydrazine groups is 1. The molecule has 13 heteroatoms. The number of likely N-dealkylation sites (N-methyl/N-ethyl adjacent to an activating group) is 1. The maximum Gasteiger partial charge on any atom is 0.408 e. The molecule has 0 aliphatic carbocycles.